The van der Waals surface area contributed by atoms with Gasteiger partial charge in [0.2, 0.25) is 0 Å². The van der Waals surface area contributed by atoms with Gasteiger partial charge in [-0.05, 0) is 19.1 Å². The van der Waals surface area contributed by atoms with Crippen molar-refractivity contribution in [2.45, 2.75) is 13.8 Å². The van der Waals surface area contributed by atoms with Crippen LogP contribution in [0, 0.1) is 0 Å². The fourth-order valence-corrected chi connectivity index (χ4v) is 1.03. The fraction of sp³-hybridized carbons (Fsp3) is 0.182. The molecule has 0 aromatic heterocycles. The van der Waals surface area contributed by atoms with E-state index in [1.807, 2.05) is 37.3 Å². The number of hydrogen-bond acceptors (Lipinski definition) is 2. The van der Waals surface area contributed by atoms with Crippen LogP contribution < -0.4 is 34.7 Å². The maximum atomic E-state index is 10.7. The van der Waals surface area contributed by atoms with Crippen molar-refractivity contribution in [3.8, 4) is 0 Å². The van der Waals surface area contributed by atoms with E-state index in [1.165, 1.54) is 13.0 Å². The monoisotopic (exact) mass is 197 g/mol. The first kappa shape index (κ1) is 13.4. The Morgan fingerprint density at radius 1 is 1.21 bits per heavy atom. The van der Waals surface area contributed by atoms with Crippen molar-refractivity contribution in [2.75, 3.05) is 0 Å². The van der Waals surface area contributed by atoms with Crippen LogP contribution in [0.3, 0.4) is 0 Å². The van der Waals surface area contributed by atoms with Crippen LogP contribution in [0.2, 0.25) is 0 Å². The number of rotatable bonds is 2. The van der Waals surface area contributed by atoms with Gasteiger partial charge in [-0.25, -0.2) is 0 Å². The summed E-state index contributed by atoms with van der Waals surface area (Å²) in [6.45, 7) is 3.33. The molecule has 0 spiro atoms. The normalized spacial score (nSPS) is 12.1. The molecule has 0 aliphatic carbocycles. The first-order chi connectivity index (χ1) is 6.18. The fourth-order valence-electron chi connectivity index (χ4n) is 1.03. The van der Waals surface area contributed by atoms with Crippen LogP contribution in [-0.2, 0) is 0 Å². The van der Waals surface area contributed by atoms with E-state index in [0.717, 1.165) is 11.4 Å². The van der Waals surface area contributed by atoms with Crippen LogP contribution in [0.4, 0.5) is 5.69 Å². The summed E-state index contributed by atoms with van der Waals surface area (Å²) in [5, 5.41) is 10.7. The number of allylic oxidation sites excluding steroid dienone is 2. The Morgan fingerprint density at radius 3 is 2.29 bits per heavy atom. The Balaban J connectivity index is 0.00000169. The topological polar surface area (TPSA) is 35.4 Å². The molecule has 0 amide bonds. The average Bonchev–Trinajstić information content (AvgIpc) is 2.04. The summed E-state index contributed by atoms with van der Waals surface area (Å²) in [6, 6.07) is 9.57. The Labute approximate surface area is 107 Å². The molecule has 2 nitrogen and oxygen atoms in total. The van der Waals surface area contributed by atoms with Crippen molar-refractivity contribution < 1.29 is 34.7 Å². The van der Waals surface area contributed by atoms with Gasteiger partial charge in [-0.2, -0.15) is 0 Å². The van der Waals surface area contributed by atoms with Crippen molar-refractivity contribution in [1.29, 1.82) is 0 Å². The zero-order valence-electron chi connectivity index (χ0n) is 8.82. The van der Waals surface area contributed by atoms with E-state index < -0.39 is 0 Å². The Bertz CT molecular complexity index is 326. The van der Waals surface area contributed by atoms with Gasteiger partial charge in [-0.3, -0.25) is 4.99 Å². The largest absolute Gasteiger partial charge is 1.00 e. The number of nitrogens with zero attached hydrogens (tertiary/aromatic N) is 1. The van der Waals surface area contributed by atoms with Gasteiger partial charge >= 0.3 is 29.6 Å². The molecule has 1 rings (SSSR count). The van der Waals surface area contributed by atoms with E-state index in [4.69, 9.17) is 0 Å². The molecule has 0 aliphatic heterocycles. The summed E-state index contributed by atoms with van der Waals surface area (Å²) in [5.41, 5.74) is 1.61. The summed E-state index contributed by atoms with van der Waals surface area (Å²) >= 11 is 0. The van der Waals surface area contributed by atoms with Gasteiger partial charge in [0.15, 0.2) is 0 Å². The average molecular weight is 197 g/mol. The van der Waals surface area contributed by atoms with Crippen molar-refractivity contribution in [1.82, 2.24) is 0 Å². The molecule has 14 heavy (non-hydrogen) atoms. The second-order valence-electron chi connectivity index (χ2n) is 2.84. The summed E-state index contributed by atoms with van der Waals surface area (Å²) in [4.78, 5) is 4.24. The maximum Gasteiger partial charge on any atom is 1.00 e. The summed E-state index contributed by atoms with van der Waals surface area (Å²) in [6.07, 6.45) is 1.52. The van der Waals surface area contributed by atoms with Gasteiger partial charge in [0.1, 0.15) is 0 Å². The third-order valence-electron chi connectivity index (χ3n) is 1.47. The summed E-state index contributed by atoms with van der Waals surface area (Å²) in [5.74, 6) is 0.0252. The van der Waals surface area contributed by atoms with E-state index >= 15 is 0 Å². The van der Waals surface area contributed by atoms with Crippen molar-refractivity contribution in [2.24, 2.45) is 4.99 Å². The van der Waals surface area contributed by atoms with Gasteiger partial charge in [-0.15, -0.1) is 5.76 Å². The minimum absolute atomic E-state index is 0. The van der Waals surface area contributed by atoms with Gasteiger partial charge in [0.25, 0.3) is 0 Å². The Hall–Kier alpha value is -0.570. The SMILES string of the molecule is CC(/C=C(/C)[O-])=Nc1ccccc1.[Na+]. The first-order valence-corrected chi connectivity index (χ1v) is 4.14. The van der Waals surface area contributed by atoms with Crippen LogP contribution in [0.5, 0.6) is 0 Å². The molecule has 1 aromatic rings. The molecule has 0 bridgehead atoms. The molecule has 0 heterocycles. The van der Waals surface area contributed by atoms with Crippen LogP contribution >= 0.6 is 0 Å². The molecule has 0 radical (unpaired) electrons. The van der Waals surface area contributed by atoms with E-state index in [-0.39, 0.29) is 35.3 Å². The van der Waals surface area contributed by atoms with Gasteiger partial charge < -0.3 is 5.11 Å². The zero-order chi connectivity index (χ0) is 9.68. The summed E-state index contributed by atoms with van der Waals surface area (Å²) in [7, 11) is 0. The standard InChI is InChI=1S/C11H13NO.Na/c1-9(8-10(2)13)12-11-6-4-3-5-7-11;/h3-8,13H,1-2H3;/q;+1/p-1/b10-8-,12-9?;. The molecule has 0 atom stereocenters. The Kier molecular flexibility index (Phi) is 6.54. The van der Waals surface area contributed by atoms with Crippen molar-refractivity contribution >= 4 is 11.4 Å². The van der Waals surface area contributed by atoms with Gasteiger partial charge in [0, 0.05) is 5.71 Å². The van der Waals surface area contributed by atoms with Crippen LogP contribution in [0.25, 0.3) is 0 Å². The number of para-hydroxylation sites is 1. The van der Waals surface area contributed by atoms with Crippen LogP contribution in [-0.4, -0.2) is 5.71 Å². The molecule has 0 saturated carbocycles. The van der Waals surface area contributed by atoms with Crippen molar-refractivity contribution in [3.05, 3.63) is 42.2 Å². The minimum Gasteiger partial charge on any atom is -0.876 e. The smallest absolute Gasteiger partial charge is 0.876 e. The molecular weight excluding hydrogens is 185 g/mol. The van der Waals surface area contributed by atoms with E-state index in [2.05, 4.69) is 4.99 Å². The number of benzene rings is 1. The Morgan fingerprint density at radius 2 is 1.79 bits per heavy atom. The summed E-state index contributed by atoms with van der Waals surface area (Å²) < 4.78 is 0. The maximum absolute atomic E-state index is 10.7. The van der Waals surface area contributed by atoms with E-state index in [9.17, 15) is 5.11 Å². The van der Waals surface area contributed by atoms with Crippen LogP contribution in [0.15, 0.2) is 47.2 Å². The zero-order valence-corrected chi connectivity index (χ0v) is 10.8. The van der Waals surface area contributed by atoms with Crippen molar-refractivity contribution in [3.63, 3.8) is 0 Å². The quantitative estimate of drug-likeness (QED) is 0.342. The number of hydrogen-bond donors (Lipinski definition) is 0. The molecule has 1 aromatic carbocycles. The van der Waals surface area contributed by atoms with E-state index in [0.29, 0.717) is 0 Å². The molecule has 0 N–H and O–H groups in total. The van der Waals surface area contributed by atoms with Gasteiger partial charge in [-0.1, -0.05) is 31.2 Å². The molecule has 0 unspecified atom stereocenters. The number of aliphatic imine (C=N–C) groups is 1. The van der Waals surface area contributed by atoms with Gasteiger partial charge in [0.05, 0.1) is 5.69 Å². The predicted molar refractivity (Wildman–Crippen MR) is 53.0 cm³/mol. The molecule has 0 fully saturated rings. The third-order valence-corrected chi connectivity index (χ3v) is 1.47. The molecule has 68 valence electrons. The first-order valence-electron chi connectivity index (χ1n) is 4.14. The third kappa shape index (κ3) is 5.22. The van der Waals surface area contributed by atoms with Crippen LogP contribution in [0.1, 0.15) is 13.8 Å². The molecule has 0 saturated heterocycles. The van der Waals surface area contributed by atoms with E-state index in [1.54, 1.807) is 0 Å². The predicted octanol–water partition coefficient (Wildman–Crippen LogP) is -0.953. The molecular formula is C11H12NNaO. The second kappa shape index (κ2) is 6.82. The minimum atomic E-state index is 0. The second-order valence-corrected chi connectivity index (χ2v) is 2.84. The molecule has 0 aliphatic rings. The molecule has 3 heteroatoms.